The molecule has 0 amide bonds. The Kier molecular flexibility index (Phi) is 3.50. The lowest BCUT2D eigenvalue weighted by Crippen LogP contribution is -1.96. The predicted octanol–water partition coefficient (Wildman–Crippen LogP) is 7.00. The summed E-state index contributed by atoms with van der Waals surface area (Å²) in [5, 5.41) is 11.2. The van der Waals surface area contributed by atoms with E-state index in [0.29, 0.717) is 0 Å². The molecule has 1 heterocycles. The molecule has 0 aliphatic rings. The van der Waals surface area contributed by atoms with Gasteiger partial charge >= 0.3 is 0 Å². The quantitative estimate of drug-likeness (QED) is 0.321. The smallest absolute Gasteiger partial charge is 0.101 e. The van der Waals surface area contributed by atoms with Crippen LogP contribution in [0, 0.1) is 0 Å². The lowest BCUT2D eigenvalue weighted by molar-refractivity contribution is 0.917. The zero-order chi connectivity index (χ0) is 19.2. The topological polar surface area (TPSA) is 17.8 Å². The first-order chi connectivity index (χ1) is 14.4. The van der Waals surface area contributed by atoms with Gasteiger partial charge in [-0.25, -0.2) is 4.68 Å². The van der Waals surface area contributed by atoms with E-state index in [1.165, 1.54) is 27.1 Å². The molecule has 0 saturated heterocycles. The van der Waals surface area contributed by atoms with Crippen molar-refractivity contribution in [1.29, 1.82) is 0 Å². The van der Waals surface area contributed by atoms with E-state index >= 15 is 0 Å². The third-order valence-electron chi connectivity index (χ3n) is 5.61. The summed E-state index contributed by atoms with van der Waals surface area (Å²) in [6.07, 6.45) is 0. The monoisotopic (exact) mass is 370 g/mol. The van der Waals surface area contributed by atoms with Crippen LogP contribution in [-0.2, 0) is 0 Å². The number of para-hydroxylation sites is 1. The lowest BCUT2D eigenvalue weighted by Gasteiger charge is -2.06. The molecule has 0 unspecified atom stereocenters. The zero-order valence-corrected chi connectivity index (χ0v) is 15.8. The summed E-state index contributed by atoms with van der Waals surface area (Å²) in [6, 6.07) is 38.4. The van der Waals surface area contributed by atoms with E-state index in [4.69, 9.17) is 5.10 Å². The highest BCUT2D eigenvalue weighted by Crippen LogP contribution is 2.34. The van der Waals surface area contributed by atoms with Crippen LogP contribution < -0.4 is 0 Å². The molecular formula is C27H18N2. The molecule has 0 fully saturated rings. The van der Waals surface area contributed by atoms with Gasteiger partial charge in [-0.15, -0.1) is 0 Å². The van der Waals surface area contributed by atoms with Crippen LogP contribution in [0.1, 0.15) is 0 Å². The van der Waals surface area contributed by atoms with E-state index < -0.39 is 0 Å². The van der Waals surface area contributed by atoms with Crippen molar-refractivity contribution in [2.75, 3.05) is 0 Å². The van der Waals surface area contributed by atoms with Crippen LogP contribution in [0.4, 0.5) is 0 Å². The van der Waals surface area contributed by atoms with Crippen molar-refractivity contribution in [3.63, 3.8) is 0 Å². The Balaban J connectivity index is 1.65. The zero-order valence-electron chi connectivity index (χ0n) is 15.8. The van der Waals surface area contributed by atoms with E-state index in [2.05, 4.69) is 114 Å². The molecule has 2 nitrogen and oxygen atoms in total. The van der Waals surface area contributed by atoms with Crippen molar-refractivity contribution < 1.29 is 0 Å². The summed E-state index contributed by atoms with van der Waals surface area (Å²) in [5.41, 5.74) is 4.38. The first-order valence-corrected chi connectivity index (χ1v) is 9.83. The van der Waals surface area contributed by atoms with Gasteiger partial charge in [0.1, 0.15) is 5.69 Å². The van der Waals surface area contributed by atoms with Crippen LogP contribution in [0.2, 0.25) is 0 Å². The fourth-order valence-corrected chi connectivity index (χ4v) is 4.20. The summed E-state index contributed by atoms with van der Waals surface area (Å²) < 4.78 is 2.07. The Morgan fingerprint density at radius 3 is 2.10 bits per heavy atom. The average molecular weight is 370 g/mol. The Labute approximate surface area is 168 Å². The van der Waals surface area contributed by atoms with Crippen LogP contribution in [-0.4, -0.2) is 9.78 Å². The third kappa shape index (κ3) is 2.54. The summed E-state index contributed by atoms with van der Waals surface area (Å²) in [4.78, 5) is 0. The standard InChI is InChI=1S/C27H18N2/c1-2-10-21-18-22(17-16-19(21)8-1)29-26-15-6-5-13-25(26)27(28-29)24-14-7-11-20-9-3-4-12-23(20)24/h1-18H. The highest BCUT2D eigenvalue weighted by Gasteiger charge is 2.15. The molecule has 0 aliphatic heterocycles. The van der Waals surface area contributed by atoms with E-state index in [0.717, 1.165) is 22.3 Å². The van der Waals surface area contributed by atoms with Gasteiger partial charge in [0.15, 0.2) is 0 Å². The molecule has 2 heteroatoms. The second-order valence-electron chi connectivity index (χ2n) is 7.34. The third-order valence-corrected chi connectivity index (χ3v) is 5.61. The van der Waals surface area contributed by atoms with Crippen LogP contribution in [0.25, 0.3) is 49.4 Å². The summed E-state index contributed by atoms with van der Waals surface area (Å²) in [7, 11) is 0. The number of aromatic nitrogens is 2. The maximum absolute atomic E-state index is 5.10. The maximum Gasteiger partial charge on any atom is 0.101 e. The van der Waals surface area contributed by atoms with Gasteiger partial charge in [0.25, 0.3) is 0 Å². The molecule has 0 N–H and O–H groups in total. The molecule has 136 valence electrons. The summed E-state index contributed by atoms with van der Waals surface area (Å²) in [6.45, 7) is 0. The largest absolute Gasteiger partial charge is 0.232 e. The lowest BCUT2D eigenvalue weighted by atomic mass is 10.0. The SMILES string of the molecule is c1ccc2cc(-n3nc(-c4cccc5ccccc45)c4ccccc43)ccc2c1. The molecular weight excluding hydrogens is 352 g/mol. The molecule has 0 spiro atoms. The number of hydrogen-bond acceptors (Lipinski definition) is 1. The number of rotatable bonds is 2. The van der Waals surface area contributed by atoms with Crippen molar-refractivity contribution >= 4 is 32.4 Å². The molecule has 0 aliphatic carbocycles. The molecule has 5 aromatic carbocycles. The number of fused-ring (bicyclic) bond motifs is 3. The van der Waals surface area contributed by atoms with Gasteiger partial charge in [0, 0.05) is 10.9 Å². The minimum absolute atomic E-state index is 1.02. The average Bonchev–Trinajstić information content (AvgIpc) is 3.18. The minimum atomic E-state index is 1.02. The first-order valence-electron chi connectivity index (χ1n) is 9.83. The normalized spacial score (nSPS) is 11.4. The summed E-state index contributed by atoms with van der Waals surface area (Å²) >= 11 is 0. The maximum atomic E-state index is 5.10. The Hall–Kier alpha value is -3.91. The molecule has 0 saturated carbocycles. The number of benzene rings is 5. The van der Waals surface area contributed by atoms with Crippen LogP contribution in [0.3, 0.4) is 0 Å². The van der Waals surface area contributed by atoms with E-state index in [1.807, 2.05) is 0 Å². The van der Waals surface area contributed by atoms with Gasteiger partial charge in [-0.3, -0.25) is 0 Å². The van der Waals surface area contributed by atoms with Gasteiger partial charge in [0.05, 0.1) is 11.2 Å². The fourth-order valence-electron chi connectivity index (χ4n) is 4.20. The molecule has 0 atom stereocenters. The minimum Gasteiger partial charge on any atom is -0.232 e. The van der Waals surface area contributed by atoms with E-state index in [1.54, 1.807) is 0 Å². The predicted molar refractivity (Wildman–Crippen MR) is 122 cm³/mol. The molecule has 29 heavy (non-hydrogen) atoms. The van der Waals surface area contributed by atoms with Crippen molar-refractivity contribution in [1.82, 2.24) is 9.78 Å². The van der Waals surface area contributed by atoms with E-state index in [-0.39, 0.29) is 0 Å². The Morgan fingerprint density at radius 2 is 1.21 bits per heavy atom. The van der Waals surface area contributed by atoms with Crippen molar-refractivity contribution in [3.8, 4) is 16.9 Å². The number of nitrogens with zero attached hydrogens (tertiary/aromatic N) is 2. The van der Waals surface area contributed by atoms with Crippen LogP contribution in [0.5, 0.6) is 0 Å². The highest BCUT2D eigenvalue weighted by atomic mass is 15.3. The van der Waals surface area contributed by atoms with Gasteiger partial charge in [0.2, 0.25) is 0 Å². The second-order valence-corrected chi connectivity index (χ2v) is 7.34. The molecule has 1 aromatic heterocycles. The molecule has 6 rings (SSSR count). The van der Waals surface area contributed by atoms with E-state index in [9.17, 15) is 0 Å². The van der Waals surface area contributed by atoms with Gasteiger partial charge < -0.3 is 0 Å². The second kappa shape index (κ2) is 6.32. The van der Waals surface area contributed by atoms with Gasteiger partial charge in [-0.1, -0.05) is 91.0 Å². The van der Waals surface area contributed by atoms with Crippen molar-refractivity contribution in [2.45, 2.75) is 0 Å². The fraction of sp³-hybridized carbons (Fsp3) is 0. The van der Waals surface area contributed by atoms with Crippen molar-refractivity contribution in [3.05, 3.63) is 109 Å². The van der Waals surface area contributed by atoms with Crippen molar-refractivity contribution in [2.24, 2.45) is 0 Å². The van der Waals surface area contributed by atoms with Gasteiger partial charge in [-0.2, -0.15) is 5.10 Å². The summed E-state index contributed by atoms with van der Waals surface area (Å²) in [5.74, 6) is 0. The Bertz CT molecular complexity index is 1500. The Morgan fingerprint density at radius 1 is 0.517 bits per heavy atom. The number of hydrogen-bond donors (Lipinski definition) is 0. The first kappa shape index (κ1) is 16.1. The molecule has 6 aromatic rings. The van der Waals surface area contributed by atoms with Gasteiger partial charge in [-0.05, 0) is 39.7 Å². The highest BCUT2D eigenvalue weighted by molar-refractivity contribution is 6.04. The van der Waals surface area contributed by atoms with Crippen LogP contribution >= 0.6 is 0 Å². The van der Waals surface area contributed by atoms with Crippen LogP contribution in [0.15, 0.2) is 109 Å². The molecule has 0 radical (unpaired) electrons. The molecule has 0 bridgehead atoms.